The lowest BCUT2D eigenvalue weighted by molar-refractivity contribution is -0.115. The van der Waals surface area contributed by atoms with Crippen LogP contribution in [0.15, 0.2) is 34.1 Å². The van der Waals surface area contributed by atoms with E-state index >= 15 is 0 Å². The van der Waals surface area contributed by atoms with Gasteiger partial charge in [-0.05, 0) is 46.3 Å². The second-order valence-corrected chi connectivity index (χ2v) is 6.58. The standard InChI is InChI=1S/C12H9BrClNO2S/c13-11-4-2-8(18-11)6-12(17)15-9-5-7(14)1-3-10(9)16/h1-5,16H,6H2,(H,15,17). The predicted octanol–water partition coefficient (Wildman–Crippen LogP) is 4.05. The minimum absolute atomic E-state index is 0.000102. The first-order chi connectivity index (χ1) is 8.54. The summed E-state index contributed by atoms with van der Waals surface area (Å²) in [6.45, 7) is 0. The summed E-state index contributed by atoms with van der Waals surface area (Å²) in [7, 11) is 0. The number of thiophene rings is 1. The average Bonchev–Trinajstić information content (AvgIpc) is 2.69. The Bertz CT molecular complexity index is 585. The number of amides is 1. The van der Waals surface area contributed by atoms with Gasteiger partial charge in [0.1, 0.15) is 5.75 Å². The monoisotopic (exact) mass is 345 g/mol. The first kappa shape index (κ1) is 13.4. The molecule has 0 radical (unpaired) electrons. The summed E-state index contributed by atoms with van der Waals surface area (Å²) in [5.74, 6) is -0.193. The molecule has 2 N–H and O–H groups in total. The first-order valence-corrected chi connectivity index (χ1v) is 7.06. The third-order valence-electron chi connectivity index (χ3n) is 2.20. The van der Waals surface area contributed by atoms with E-state index in [9.17, 15) is 9.90 Å². The maximum atomic E-state index is 11.8. The molecule has 0 saturated heterocycles. The van der Waals surface area contributed by atoms with Crippen LogP contribution in [0.25, 0.3) is 0 Å². The number of phenolic OH excluding ortho intramolecular Hbond substituents is 1. The number of aromatic hydroxyl groups is 1. The van der Waals surface area contributed by atoms with Crippen molar-refractivity contribution >= 4 is 50.5 Å². The number of phenols is 1. The molecule has 2 aromatic rings. The fourth-order valence-electron chi connectivity index (χ4n) is 1.41. The minimum Gasteiger partial charge on any atom is -0.506 e. The van der Waals surface area contributed by atoms with Crippen molar-refractivity contribution in [2.75, 3.05) is 5.32 Å². The van der Waals surface area contributed by atoms with Crippen LogP contribution in [0.3, 0.4) is 0 Å². The lowest BCUT2D eigenvalue weighted by Crippen LogP contribution is -2.13. The van der Waals surface area contributed by atoms with Gasteiger partial charge in [0.2, 0.25) is 5.91 Å². The molecule has 1 amide bonds. The summed E-state index contributed by atoms with van der Waals surface area (Å²) in [6.07, 6.45) is 0.266. The van der Waals surface area contributed by atoms with Gasteiger partial charge in [-0.2, -0.15) is 0 Å². The summed E-state index contributed by atoms with van der Waals surface area (Å²) in [5, 5.41) is 12.7. The molecule has 1 aromatic carbocycles. The van der Waals surface area contributed by atoms with Crippen molar-refractivity contribution in [1.82, 2.24) is 0 Å². The molecule has 0 aliphatic heterocycles. The molecule has 94 valence electrons. The molecule has 0 unspecified atom stereocenters. The van der Waals surface area contributed by atoms with Crippen molar-refractivity contribution in [2.45, 2.75) is 6.42 Å². The molecule has 0 saturated carbocycles. The molecule has 3 nitrogen and oxygen atoms in total. The highest BCUT2D eigenvalue weighted by Gasteiger charge is 2.09. The molecule has 18 heavy (non-hydrogen) atoms. The predicted molar refractivity (Wildman–Crippen MR) is 77.5 cm³/mol. The molecule has 0 aliphatic rings. The van der Waals surface area contributed by atoms with Gasteiger partial charge < -0.3 is 10.4 Å². The Hall–Kier alpha value is -1.04. The van der Waals surface area contributed by atoms with Gasteiger partial charge in [-0.3, -0.25) is 4.79 Å². The molecule has 0 fully saturated rings. The molecule has 0 bridgehead atoms. The maximum Gasteiger partial charge on any atom is 0.229 e. The largest absolute Gasteiger partial charge is 0.506 e. The van der Waals surface area contributed by atoms with E-state index in [0.717, 1.165) is 8.66 Å². The topological polar surface area (TPSA) is 49.3 Å². The SMILES string of the molecule is O=C(Cc1ccc(Br)s1)Nc1cc(Cl)ccc1O. The maximum absolute atomic E-state index is 11.8. The molecule has 6 heteroatoms. The third-order valence-corrected chi connectivity index (χ3v) is 4.06. The molecule has 0 aliphatic carbocycles. The Balaban J connectivity index is 2.05. The highest BCUT2D eigenvalue weighted by atomic mass is 79.9. The Morgan fingerprint density at radius 3 is 2.83 bits per heavy atom. The fraction of sp³-hybridized carbons (Fsp3) is 0.0833. The van der Waals surface area contributed by atoms with Gasteiger partial charge in [0, 0.05) is 9.90 Å². The fourth-order valence-corrected chi connectivity index (χ4v) is 3.06. The van der Waals surface area contributed by atoms with E-state index in [0.29, 0.717) is 10.7 Å². The van der Waals surface area contributed by atoms with E-state index in [1.54, 1.807) is 6.07 Å². The first-order valence-electron chi connectivity index (χ1n) is 5.07. The zero-order chi connectivity index (χ0) is 13.1. The minimum atomic E-state index is -0.193. The number of nitrogens with one attached hydrogen (secondary N) is 1. The molecule has 2 rings (SSSR count). The molecule has 1 aromatic heterocycles. The van der Waals surface area contributed by atoms with Crippen LogP contribution in [-0.4, -0.2) is 11.0 Å². The van der Waals surface area contributed by atoms with Crippen molar-refractivity contribution < 1.29 is 9.90 Å². The van der Waals surface area contributed by atoms with Crippen LogP contribution in [0.1, 0.15) is 4.88 Å². The van der Waals surface area contributed by atoms with Crippen molar-refractivity contribution in [3.05, 3.63) is 44.0 Å². The summed E-state index contributed by atoms with van der Waals surface area (Å²) in [4.78, 5) is 12.7. The Morgan fingerprint density at radius 2 is 2.17 bits per heavy atom. The quantitative estimate of drug-likeness (QED) is 0.824. The zero-order valence-electron chi connectivity index (χ0n) is 9.11. The number of anilines is 1. The van der Waals surface area contributed by atoms with Gasteiger partial charge in [0.25, 0.3) is 0 Å². The number of hydrogen-bond donors (Lipinski definition) is 2. The van der Waals surface area contributed by atoms with Crippen molar-refractivity contribution in [2.24, 2.45) is 0 Å². The van der Waals surface area contributed by atoms with Gasteiger partial charge >= 0.3 is 0 Å². The van der Waals surface area contributed by atoms with Crippen LogP contribution >= 0.6 is 38.9 Å². The smallest absolute Gasteiger partial charge is 0.229 e. The van der Waals surface area contributed by atoms with Gasteiger partial charge in [-0.1, -0.05) is 11.6 Å². The number of carbonyl (C=O) groups is 1. The summed E-state index contributed by atoms with van der Waals surface area (Å²) >= 11 is 10.6. The van der Waals surface area contributed by atoms with Crippen LogP contribution in [0.4, 0.5) is 5.69 Å². The number of benzene rings is 1. The van der Waals surface area contributed by atoms with Gasteiger partial charge in [0.15, 0.2) is 0 Å². The second kappa shape index (κ2) is 5.73. The second-order valence-electron chi connectivity index (χ2n) is 3.59. The van der Waals surface area contributed by atoms with Crippen LogP contribution < -0.4 is 5.32 Å². The van der Waals surface area contributed by atoms with Crippen molar-refractivity contribution in [3.63, 3.8) is 0 Å². The Morgan fingerprint density at radius 1 is 1.39 bits per heavy atom. The van der Waals surface area contributed by atoms with Crippen LogP contribution in [0.2, 0.25) is 5.02 Å². The third kappa shape index (κ3) is 3.48. The van der Waals surface area contributed by atoms with Gasteiger partial charge in [-0.25, -0.2) is 0 Å². The molecular weight excluding hydrogens is 338 g/mol. The zero-order valence-corrected chi connectivity index (χ0v) is 12.3. The van der Waals surface area contributed by atoms with E-state index in [2.05, 4.69) is 21.2 Å². The van der Waals surface area contributed by atoms with Crippen LogP contribution in [-0.2, 0) is 11.2 Å². The highest BCUT2D eigenvalue weighted by Crippen LogP contribution is 2.27. The average molecular weight is 347 g/mol. The van der Waals surface area contributed by atoms with E-state index in [1.807, 2.05) is 12.1 Å². The van der Waals surface area contributed by atoms with E-state index in [4.69, 9.17) is 11.6 Å². The van der Waals surface area contributed by atoms with Crippen LogP contribution in [0, 0.1) is 0 Å². The lowest BCUT2D eigenvalue weighted by atomic mass is 10.2. The number of rotatable bonds is 3. The van der Waals surface area contributed by atoms with Crippen molar-refractivity contribution in [3.8, 4) is 5.75 Å². The summed E-state index contributed by atoms with van der Waals surface area (Å²) < 4.78 is 0.982. The normalized spacial score (nSPS) is 10.3. The van der Waals surface area contributed by atoms with E-state index < -0.39 is 0 Å². The molecular formula is C12H9BrClNO2S. The van der Waals surface area contributed by atoms with Gasteiger partial charge in [0.05, 0.1) is 15.9 Å². The Labute approximate surface area is 122 Å². The summed E-state index contributed by atoms with van der Waals surface area (Å²) in [6, 6.07) is 8.29. The molecule has 0 atom stereocenters. The molecule has 1 heterocycles. The van der Waals surface area contributed by atoms with Crippen molar-refractivity contribution in [1.29, 1.82) is 0 Å². The highest BCUT2D eigenvalue weighted by molar-refractivity contribution is 9.11. The lowest BCUT2D eigenvalue weighted by Gasteiger charge is -2.06. The summed E-state index contributed by atoms with van der Waals surface area (Å²) in [5.41, 5.74) is 0.322. The number of halogens is 2. The van der Waals surface area contributed by atoms with E-state index in [-0.39, 0.29) is 18.1 Å². The van der Waals surface area contributed by atoms with Gasteiger partial charge in [-0.15, -0.1) is 11.3 Å². The number of carbonyl (C=O) groups excluding carboxylic acids is 1. The van der Waals surface area contributed by atoms with E-state index in [1.165, 1.54) is 23.5 Å². The van der Waals surface area contributed by atoms with Crippen LogP contribution in [0.5, 0.6) is 5.75 Å². The number of hydrogen-bond acceptors (Lipinski definition) is 3. The molecule has 0 spiro atoms. The Kier molecular flexibility index (Phi) is 4.27.